The van der Waals surface area contributed by atoms with Crippen LogP contribution in [0.4, 0.5) is 0 Å². The summed E-state index contributed by atoms with van der Waals surface area (Å²) in [7, 11) is 0. The fourth-order valence-electron chi connectivity index (χ4n) is 4.08. The smallest absolute Gasteiger partial charge is 0.224 e. The van der Waals surface area contributed by atoms with Crippen molar-refractivity contribution >= 4 is 5.91 Å². The molecule has 1 aliphatic heterocycles. The number of hydrogen-bond acceptors (Lipinski definition) is 3. The molecule has 3 rings (SSSR count). The van der Waals surface area contributed by atoms with Crippen molar-refractivity contribution in [2.75, 3.05) is 26.2 Å². The number of hydrogen-bond donors (Lipinski definition) is 1. The summed E-state index contributed by atoms with van der Waals surface area (Å²) in [5.41, 5.74) is 7.24. The molecule has 0 radical (unpaired) electrons. The largest absolute Gasteiger partial charge is 0.340 e. The summed E-state index contributed by atoms with van der Waals surface area (Å²) in [6.07, 6.45) is 5.78. The highest BCUT2D eigenvalue weighted by Crippen LogP contribution is 2.27. The van der Waals surface area contributed by atoms with E-state index in [1.807, 2.05) is 35.2 Å². The van der Waals surface area contributed by atoms with Crippen LogP contribution in [0.15, 0.2) is 30.3 Å². The summed E-state index contributed by atoms with van der Waals surface area (Å²) in [5.74, 6) is 1.09. The number of carbonyl (C=O) groups excluding carboxylic acids is 1. The molecule has 132 valence electrons. The van der Waals surface area contributed by atoms with Crippen molar-refractivity contribution in [3.05, 3.63) is 35.9 Å². The maximum absolute atomic E-state index is 12.5. The lowest BCUT2D eigenvalue weighted by molar-refractivity contribution is -0.133. The average Bonchev–Trinajstić information content (AvgIpc) is 2.63. The molecule has 4 heteroatoms. The van der Waals surface area contributed by atoms with Gasteiger partial charge in [-0.05, 0) is 37.2 Å². The lowest BCUT2D eigenvalue weighted by atomic mass is 9.86. The first-order valence-electron chi connectivity index (χ1n) is 9.46. The number of nitrogens with zero attached hydrogens (tertiary/aromatic N) is 2. The van der Waals surface area contributed by atoms with Crippen molar-refractivity contribution in [1.29, 1.82) is 0 Å². The normalized spacial score (nSPS) is 27.0. The zero-order valence-corrected chi connectivity index (χ0v) is 14.9. The van der Waals surface area contributed by atoms with Crippen molar-refractivity contribution in [3.63, 3.8) is 0 Å². The highest BCUT2D eigenvalue weighted by Gasteiger charge is 2.28. The fourth-order valence-corrected chi connectivity index (χ4v) is 4.08. The van der Waals surface area contributed by atoms with E-state index in [-0.39, 0.29) is 11.9 Å². The van der Waals surface area contributed by atoms with Gasteiger partial charge in [0.05, 0.1) is 0 Å². The highest BCUT2D eigenvalue weighted by molar-refractivity contribution is 5.77. The minimum absolute atomic E-state index is 0.197. The summed E-state index contributed by atoms with van der Waals surface area (Å²) < 4.78 is 0. The first-order valence-corrected chi connectivity index (χ1v) is 9.46. The third-order valence-electron chi connectivity index (χ3n) is 5.79. The second-order valence-electron chi connectivity index (χ2n) is 7.55. The Balaban J connectivity index is 1.45. The molecule has 1 aliphatic carbocycles. The second kappa shape index (κ2) is 8.13. The van der Waals surface area contributed by atoms with Gasteiger partial charge in [-0.15, -0.1) is 0 Å². The van der Waals surface area contributed by atoms with Crippen LogP contribution in [0.1, 0.15) is 50.6 Å². The van der Waals surface area contributed by atoms with Gasteiger partial charge in [-0.25, -0.2) is 0 Å². The number of piperazine rings is 1. The van der Waals surface area contributed by atoms with E-state index >= 15 is 0 Å². The van der Waals surface area contributed by atoms with E-state index in [2.05, 4.69) is 11.8 Å². The van der Waals surface area contributed by atoms with Gasteiger partial charge < -0.3 is 10.6 Å². The topological polar surface area (TPSA) is 49.6 Å². The Bertz CT molecular complexity index is 517. The summed E-state index contributed by atoms with van der Waals surface area (Å²) >= 11 is 0. The molecule has 1 amide bonds. The zero-order chi connectivity index (χ0) is 16.9. The maximum Gasteiger partial charge on any atom is 0.224 e. The molecule has 1 atom stereocenters. The molecule has 1 saturated heterocycles. The first kappa shape index (κ1) is 17.4. The van der Waals surface area contributed by atoms with Gasteiger partial charge in [0.15, 0.2) is 0 Å². The van der Waals surface area contributed by atoms with Crippen LogP contribution in [0.25, 0.3) is 0 Å². The number of rotatable bonds is 4. The number of carbonyl (C=O) groups is 1. The Morgan fingerprint density at radius 3 is 2.33 bits per heavy atom. The van der Waals surface area contributed by atoms with Gasteiger partial charge in [0, 0.05) is 44.7 Å². The molecule has 2 fully saturated rings. The Labute approximate surface area is 146 Å². The standard InChI is InChI=1S/C20H31N3O/c1-16-7-9-18(10-8-16)22-11-13-23(14-12-22)20(24)15-19(21)17-5-3-2-4-6-17/h2-6,16,18-19H,7-15,21H2,1H3. The van der Waals surface area contributed by atoms with Gasteiger partial charge >= 0.3 is 0 Å². The van der Waals surface area contributed by atoms with Gasteiger partial charge in [-0.1, -0.05) is 37.3 Å². The Kier molecular flexibility index (Phi) is 5.90. The van der Waals surface area contributed by atoms with Crippen LogP contribution in [-0.2, 0) is 4.79 Å². The summed E-state index contributed by atoms with van der Waals surface area (Å²) in [5, 5.41) is 0. The zero-order valence-electron chi connectivity index (χ0n) is 14.9. The number of amides is 1. The first-order chi connectivity index (χ1) is 11.6. The quantitative estimate of drug-likeness (QED) is 0.924. The van der Waals surface area contributed by atoms with Crippen LogP contribution >= 0.6 is 0 Å². The molecule has 1 heterocycles. The van der Waals surface area contributed by atoms with Crippen LogP contribution in [-0.4, -0.2) is 47.9 Å². The number of benzene rings is 1. The van der Waals surface area contributed by atoms with E-state index in [9.17, 15) is 4.79 Å². The van der Waals surface area contributed by atoms with Crippen LogP contribution in [0, 0.1) is 5.92 Å². The molecular formula is C20H31N3O. The molecular weight excluding hydrogens is 298 g/mol. The predicted octanol–water partition coefficient (Wildman–Crippen LogP) is 2.80. The molecule has 0 bridgehead atoms. The predicted molar refractivity (Wildman–Crippen MR) is 97.6 cm³/mol. The van der Waals surface area contributed by atoms with Gasteiger partial charge in [0.2, 0.25) is 5.91 Å². The Hall–Kier alpha value is -1.39. The molecule has 2 N–H and O–H groups in total. The summed E-state index contributed by atoms with van der Waals surface area (Å²) in [6, 6.07) is 10.5. The molecule has 4 nitrogen and oxygen atoms in total. The molecule has 1 aromatic carbocycles. The SMILES string of the molecule is CC1CCC(N2CCN(C(=O)CC(N)c3ccccc3)CC2)CC1. The van der Waals surface area contributed by atoms with Crippen molar-refractivity contribution < 1.29 is 4.79 Å². The average molecular weight is 329 g/mol. The van der Waals surface area contributed by atoms with Crippen molar-refractivity contribution in [3.8, 4) is 0 Å². The number of nitrogens with two attached hydrogens (primary N) is 1. The van der Waals surface area contributed by atoms with Crippen LogP contribution in [0.3, 0.4) is 0 Å². The van der Waals surface area contributed by atoms with E-state index in [0.717, 1.165) is 43.7 Å². The van der Waals surface area contributed by atoms with E-state index in [0.29, 0.717) is 6.42 Å². The van der Waals surface area contributed by atoms with Gasteiger partial charge in [0.25, 0.3) is 0 Å². The van der Waals surface area contributed by atoms with Crippen molar-refractivity contribution in [2.45, 2.75) is 51.1 Å². The lowest BCUT2D eigenvalue weighted by Gasteiger charge is -2.41. The van der Waals surface area contributed by atoms with E-state index in [1.165, 1.54) is 25.7 Å². The van der Waals surface area contributed by atoms with E-state index in [4.69, 9.17) is 5.73 Å². The Morgan fingerprint density at radius 2 is 1.71 bits per heavy atom. The summed E-state index contributed by atoms with van der Waals surface area (Å²) in [4.78, 5) is 17.1. The molecule has 1 aromatic rings. The fraction of sp³-hybridized carbons (Fsp3) is 0.650. The second-order valence-corrected chi connectivity index (χ2v) is 7.55. The third-order valence-corrected chi connectivity index (χ3v) is 5.79. The van der Waals surface area contributed by atoms with Gasteiger partial charge in [0.1, 0.15) is 0 Å². The monoisotopic (exact) mass is 329 g/mol. The van der Waals surface area contributed by atoms with Crippen LogP contribution < -0.4 is 5.73 Å². The van der Waals surface area contributed by atoms with E-state index in [1.54, 1.807) is 0 Å². The highest BCUT2D eigenvalue weighted by atomic mass is 16.2. The lowest BCUT2D eigenvalue weighted by Crippen LogP contribution is -2.52. The minimum Gasteiger partial charge on any atom is -0.340 e. The molecule has 1 saturated carbocycles. The van der Waals surface area contributed by atoms with Crippen LogP contribution in [0.5, 0.6) is 0 Å². The van der Waals surface area contributed by atoms with Crippen molar-refractivity contribution in [2.24, 2.45) is 11.7 Å². The molecule has 2 aliphatic rings. The van der Waals surface area contributed by atoms with Gasteiger partial charge in [-0.3, -0.25) is 9.69 Å². The molecule has 1 unspecified atom stereocenters. The summed E-state index contributed by atoms with van der Waals surface area (Å²) in [6.45, 7) is 6.11. The Morgan fingerprint density at radius 1 is 1.08 bits per heavy atom. The molecule has 0 aromatic heterocycles. The van der Waals surface area contributed by atoms with Crippen LogP contribution in [0.2, 0.25) is 0 Å². The van der Waals surface area contributed by atoms with E-state index < -0.39 is 0 Å². The molecule has 0 spiro atoms. The molecule has 24 heavy (non-hydrogen) atoms. The maximum atomic E-state index is 12.5. The minimum atomic E-state index is -0.198. The third kappa shape index (κ3) is 4.37. The van der Waals surface area contributed by atoms with Crippen molar-refractivity contribution in [1.82, 2.24) is 9.80 Å². The van der Waals surface area contributed by atoms with Gasteiger partial charge in [-0.2, -0.15) is 0 Å².